The van der Waals surface area contributed by atoms with Gasteiger partial charge in [0.05, 0.1) is 0 Å². The lowest BCUT2D eigenvalue weighted by Crippen LogP contribution is -2.68. The molecule has 1 aromatic heterocycles. The maximum absolute atomic E-state index is 10.7. The zero-order valence-corrected chi connectivity index (χ0v) is 26.7. The second kappa shape index (κ2) is 13.4. The van der Waals surface area contributed by atoms with Crippen molar-refractivity contribution in [1.29, 1.82) is 0 Å². The van der Waals surface area contributed by atoms with Gasteiger partial charge in [0, 0.05) is 48.5 Å². The van der Waals surface area contributed by atoms with E-state index in [0.717, 1.165) is 61.0 Å². The fraction of sp³-hybridized carbons (Fsp3) is 0.615. The summed E-state index contributed by atoms with van der Waals surface area (Å²) in [6.07, 6.45) is 23.7. The molecule has 6 heterocycles. The summed E-state index contributed by atoms with van der Waals surface area (Å²) in [6, 6.07) is 6.38. The van der Waals surface area contributed by atoms with Crippen LogP contribution in [0.1, 0.15) is 93.9 Å². The molecule has 6 unspecified atom stereocenters. The monoisotopic (exact) mass is 592 g/mol. The van der Waals surface area contributed by atoms with Gasteiger partial charge < -0.3 is 15.7 Å². The molecule has 0 radical (unpaired) electrons. The number of phenols is 1. The van der Waals surface area contributed by atoms with Gasteiger partial charge in [-0.15, -0.1) is 11.8 Å². The molecule has 2 saturated heterocycles. The molecule has 1 aliphatic carbocycles. The molecule has 0 amide bonds. The number of para-hydroxylation sites is 1. The Kier molecular flexibility index (Phi) is 9.13. The van der Waals surface area contributed by atoms with Crippen LogP contribution < -0.4 is 5.73 Å². The first-order chi connectivity index (χ1) is 21.7. The Balaban J connectivity index is 1.26. The third-order valence-electron chi connectivity index (χ3n) is 11.6. The molecule has 8 rings (SSSR count). The van der Waals surface area contributed by atoms with Crippen LogP contribution in [-0.2, 0) is 12.8 Å². The van der Waals surface area contributed by atoms with Crippen LogP contribution >= 0.6 is 0 Å². The lowest BCUT2D eigenvalue weighted by Gasteiger charge is -2.64. The average molecular weight is 593 g/mol. The molecule has 0 saturated carbocycles. The van der Waals surface area contributed by atoms with E-state index in [4.69, 9.17) is 10.7 Å². The average Bonchev–Trinajstić information content (AvgIpc) is 3.03. The van der Waals surface area contributed by atoms with E-state index in [1.165, 1.54) is 95.2 Å². The summed E-state index contributed by atoms with van der Waals surface area (Å²) < 4.78 is 0. The van der Waals surface area contributed by atoms with Crippen molar-refractivity contribution in [1.82, 2.24) is 14.8 Å². The van der Waals surface area contributed by atoms with Gasteiger partial charge in [-0.05, 0) is 126 Å². The number of aryl methyl sites for hydroxylation is 1. The molecular weight excluding hydrogens is 540 g/mol. The fourth-order valence-electron chi connectivity index (χ4n) is 9.84. The number of nitrogens with two attached hydrogens (primary N) is 1. The standard InChI is InChI=1S/C39H52N4O/c40-22-19-31-32-15-8-10-21-39-28-42-23-11-6-4-2-1-3-5-7-14-29-26-30(34(39)20-25-42)27-43(38(29)39)24-12-9-17-35(32)41-37-33(31)16-13-18-36(37)44/h8,13,15-16,18,26,30,34,38,44H,2,4-7,9-12,14,17,19-25,27-28,40H2/b15-8-. The molecule has 1 aromatic carbocycles. The van der Waals surface area contributed by atoms with Gasteiger partial charge in [0.15, 0.2) is 0 Å². The van der Waals surface area contributed by atoms with Crippen LogP contribution in [0.5, 0.6) is 5.75 Å². The topological polar surface area (TPSA) is 65.6 Å². The van der Waals surface area contributed by atoms with Crippen LogP contribution in [0.15, 0.2) is 35.9 Å². The van der Waals surface area contributed by atoms with Crippen molar-refractivity contribution >= 4 is 17.0 Å². The number of hydrogen-bond acceptors (Lipinski definition) is 5. The first-order valence-corrected chi connectivity index (χ1v) is 17.8. The van der Waals surface area contributed by atoms with E-state index in [1.54, 1.807) is 11.6 Å². The summed E-state index contributed by atoms with van der Waals surface area (Å²) in [6.45, 7) is 6.78. The van der Waals surface area contributed by atoms with Gasteiger partial charge in [-0.25, -0.2) is 4.98 Å². The van der Waals surface area contributed by atoms with Crippen molar-refractivity contribution in [3.63, 3.8) is 0 Å². The minimum atomic E-state index is 0.273. The Hall–Kier alpha value is -2.65. The molecule has 44 heavy (non-hydrogen) atoms. The van der Waals surface area contributed by atoms with Crippen molar-refractivity contribution in [3.8, 4) is 17.6 Å². The fourth-order valence-corrected chi connectivity index (χ4v) is 9.84. The highest BCUT2D eigenvalue weighted by Crippen LogP contribution is 2.57. The van der Waals surface area contributed by atoms with E-state index in [1.807, 2.05) is 6.07 Å². The molecule has 5 heteroatoms. The molecule has 6 bridgehead atoms. The quantitative estimate of drug-likeness (QED) is 0.294. The number of fused-ring (bicyclic) bond motifs is 3. The third kappa shape index (κ3) is 5.75. The molecular formula is C39H52N4O. The van der Waals surface area contributed by atoms with E-state index >= 15 is 0 Å². The van der Waals surface area contributed by atoms with Gasteiger partial charge in [0.25, 0.3) is 0 Å². The van der Waals surface area contributed by atoms with Gasteiger partial charge >= 0.3 is 0 Å². The van der Waals surface area contributed by atoms with Gasteiger partial charge in [-0.3, -0.25) is 4.90 Å². The first kappa shape index (κ1) is 30.0. The summed E-state index contributed by atoms with van der Waals surface area (Å²) in [7, 11) is 0. The van der Waals surface area contributed by atoms with Gasteiger partial charge in [0.2, 0.25) is 0 Å². The van der Waals surface area contributed by atoms with E-state index in [-0.39, 0.29) is 5.75 Å². The van der Waals surface area contributed by atoms with E-state index in [2.05, 4.69) is 45.9 Å². The van der Waals surface area contributed by atoms with Crippen molar-refractivity contribution in [2.45, 2.75) is 95.9 Å². The number of aromatic hydroxyl groups is 1. The van der Waals surface area contributed by atoms with Crippen LogP contribution in [0.2, 0.25) is 0 Å². The molecule has 3 N–H and O–H groups in total. The second-order valence-corrected chi connectivity index (χ2v) is 14.3. The van der Waals surface area contributed by atoms with Gasteiger partial charge in [-0.2, -0.15) is 0 Å². The number of piperidine rings is 2. The van der Waals surface area contributed by atoms with Crippen molar-refractivity contribution in [3.05, 3.63) is 52.7 Å². The normalized spacial score (nSPS) is 33.3. The Bertz CT molecular complexity index is 1470. The minimum absolute atomic E-state index is 0.273. The Morgan fingerprint density at radius 2 is 1.89 bits per heavy atom. The lowest BCUT2D eigenvalue weighted by atomic mass is 9.52. The van der Waals surface area contributed by atoms with Gasteiger partial charge in [-0.1, -0.05) is 42.4 Å². The van der Waals surface area contributed by atoms with Crippen LogP contribution in [0.3, 0.4) is 0 Å². The highest BCUT2D eigenvalue weighted by atomic mass is 16.3. The molecule has 234 valence electrons. The van der Waals surface area contributed by atoms with Crippen LogP contribution in [0, 0.1) is 29.1 Å². The SMILES string of the molecule is NCCc1c2c(nc3c(O)cccc13)CCCCN1CC3C=C4CCCC#CCCCCCN5CCC3C(CC/C=C\2)(C5)C41. The maximum atomic E-state index is 10.7. The Labute approximate surface area is 265 Å². The maximum Gasteiger partial charge on any atom is 0.141 e. The third-order valence-corrected chi connectivity index (χ3v) is 11.6. The molecule has 1 spiro atoms. The Morgan fingerprint density at radius 1 is 1.00 bits per heavy atom. The number of aromatic nitrogens is 1. The summed E-state index contributed by atoms with van der Waals surface area (Å²) >= 11 is 0. The first-order valence-electron chi connectivity index (χ1n) is 17.8. The van der Waals surface area contributed by atoms with Crippen LogP contribution in [0.25, 0.3) is 17.0 Å². The minimum Gasteiger partial charge on any atom is -0.506 e. The highest BCUT2D eigenvalue weighted by Gasteiger charge is 2.58. The number of pyridine rings is 1. The van der Waals surface area contributed by atoms with Crippen molar-refractivity contribution in [2.24, 2.45) is 23.0 Å². The molecule has 5 aliphatic heterocycles. The number of nitrogens with zero attached hydrogens (tertiary/aromatic N) is 3. The van der Waals surface area contributed by atoms with E-state index in [0.29, 0.717) is 23.9 Å². The van der Waals surface area contributed by atoms with Crippen LogP contribution in [0.4, 0.5) is 0 Å². The number of phenolic OH excluding ortho intramolecular Hbond substituents is 1. The largest absolute Gasteiger partial charge is 0.506 e. The van der Waals surface area contributed by atoms with Crippen molar-refractivity contribution < 1.29 is 5.11 Å². The number of allylic oxidation sites excluding steroid dienone is 1. The summed E-state index contributed by atoms with van der Waals surface area (Å²) in [4.78, 5) is 10.9. The van der Waals surface area contributed by atoms with Crippen LogP contribution in [-0.4, -0.2) is 65.2 Å². The van der Waals surface area contributed by atoms with Gasteiger partial charge in [0.1, 0.15) is 11.3 Å². The van der Waals surface area contributed by atoms with E-state index in [9.17, 15) is 5.11 Å². The molecule has 6 aliphatic rings. The predicted octanol–water partition coefficient (Wildman–Crippen LogP) is 6.87. The predicted molar refractivity (Wildman–Crippen MR) is 181 cm³/mol. The molecule has 2 fully saturated rings. The highest BCUT2D eigenvalue weighted by molar-refractivity contribution is 5.90. The number of hydrogen-bond donors (Lipinski definition) is 2. The van der Waals surface area contributed by atoms with E-state index < -0.39 is 0 Å². The second-order valence-electron chi connectivity index (χ2n) is 14.3. The molecule has 5 nitrogen and oxygen atoms in total. The lowest BCUT2D eigenvalue weighted by molar-refractivity contribution is -0.110. The zero-order valence-electron chi connectivity index (χ0n) is 26.7. The van der Waals surface area contributed by atoms with Crippen molar-refractivity contribution in [2.75, 3.05) is 39.3 Å². The molecule has 2 aromatic rings. The smallest absolute Gasteiger partial charge is 0.141 e. The molecule has 6 atom stereocenters. The summed E-state index contributed by atoms with van der Waals surface area (Å²) in [5.74, 6) is 8.75. The summed E-state index contributed by atoms with van der Waals surface area (Å²) in [5, 5.41) is 11.8. The zero-order chi connectivity index (χ0) is 29.9. The number of benzene rings is 1. The summed E-state index contributed by atoms with van der Waals surface area (Å²) in [5.41, 5.74) is 12.6. The Morgan fingerprint density at radius 3 is 2.80 bits per heavy atom. The number of rotatable bonds is 2.